The molecule has 1 aromatic carbocycles. The van der Waals surface area contributed by atoms with E-state index in [0.717, 1.165) is 11.4 Å². The molecule has 4 heteroatoms. The third-order valence-electron chi connectivity index (χ3n) is 2.98. The molecule has 0 aliphatic carbocycles. The van der Waals surface area contributed by atoms with Crippen molar-refractivity contribution in [3.05, 3.63) is 24.3 Å². The van der Waals surface area contributed by atoms with E-state index >= 15 is 0 Å². The lowest BCUT2D eigenvalue weighted by atomic mass is 10.2. The summed E-state index contributed by atoms with van der Waals surface area (Å²) in [5.41, 5.74) is 1.99. The Morgan fingerprint density at radius 1 is 1.28 bits per heavy atom. The standard InChI is InChI=1S/C14H20N2OS/c1-10(2)14(17)16-12-5-3-11(4-6-12)15-13-7-8-18-9-13/h3-6,10,13,15H,7-9H2,1-2H3,(H,16,17). The van der Waals surface area contributed by atoms with E-state index in [1.54, 1.807) is 0 Å². The second kappa shape index (κ2) is 6.14. The minimum absolute atomic E-state index is 0.0123. The van der Waals surface area contributed by atoms with E-state index in [4.69, 9.17) is 0 Å². The number of benzene rings is 1. The zero-order valence-electron chi connectivity index (χ0n) is 10.9. The van der Waals surface area contributed by atoms with Crippen molar-refractivity contribution in [2.45, 2.75) is 26.3 Å². The van der Waals surface area contributed by atoms with E-state index in [0.29, 0.717) is 6.04 Å². The van der Waals surface area contributed by atoms with Crippen LogP contribution in [0.4, 0.5) is 11.4 Å². The molecule has 1 amide bonds. The quantitative estimate of drug-likeness (QED) is 0.877. The van der Waals surface area contributed by atoms with Crippen LogP contribution < -0.4 is 10.6 Å². The van der Waals surface area contributed by atoms with Crippen molar-refractivity contribution < 1.29 is 4.79 Å². The van der Waals surface area contributed by atoms with Crippen LogP contribution in [0.1, 0.15) is 20.3 Å². The molecule has 98 valence electrons. The second-order valence-electron chi connectivity index (χ2n) is 4.93. The predicted molar refractivity (Wildman–Crippen MR) is 79.3 cm³/mol. The fourth-order valence-electron chi connectivity index (χ4n) is 1.82. The minimum atomic E-state index is 0.0123. The van der Waals surface area contributed by atoms with Crippen LogP contribution in [0, 0.1) is 5.92 Å². The van der Waals surface area contributed by atoms with Crippen molar-refractivity contribution in [3.63, 3.8) is 0 Å². The summed E-state index contributed by atoms with van der Waals surface area (Å²) in [5, 5.41) is 6.40. The Hall–Kier alpha value is -1.16. The molecule has 1 aliphatic rings. The molecule has 0 saturated carbocycles. The molecule has 1 saturated heterocycles. The van der Waals surface area contributed by atoms with E-state index in [9.17, 15) is 4.79 Å². The van der Waals surface area contributed by atoms with Crippen LogP contribution in [0.15, 0.2) is 24.3 Å². The Balaban J connectivity index is 1.90. The van der Waals surface area contributed by atoms with E-state index in [2.05, 4.69) is 10.6 Å². The van der Waals surface area contributed by atoms with Crippen molar-refractivity contribution in [1.29, 1.82) is 0 Å². The van der Waals surface area contributed by atoms with Crippen molar-refractivity contribution in [3.8, 4) is 0 Å². The summed E-state index contributed by atoms with van der Waals surface area (Å²) in [6, 6.07) is 8.54. The molecule has 1 aromatic rings. The fourth-order valence-corrected chi connectivity index (χ4v) is 2.97. The first-order chi connectivity index (χ1) is 8.65. The molecule has 2 rings (SSSR count). The molecule has 1 heterocycles. The molecule has 0 radical (unpaired) electrons. The Morgan fingerprint density at radius 2 is 1.94 bits per heavy atom. The number of carbonyl (C=O) groups excluding carboxylic acids is 1. The predicted octanol–water partition coefficient (Wildman–Crippen LogP) is 3.20. The van der Waals surface area contributed by atoms with Gasteiger partial charge in [-0.05, 0) is 36.4 Å². The van der Waals surface area contributed by atoms with Crippen LogP contribution in [-0.2, 0) is 4.79 Å². The van der Waals surface area contributed by atoms with Gasteiger partial charge in [-0.3, -0.25) is 4.79 Å². The van der Waals surface area contributed by atoms with E-state index < -0.39 is 0 Å². The summed E-state index contributed by atoms with van der Waals surface area (Å²) < 4.78 is 0. The number of thioether (sulfide) groups is 1. The average molecular weight is 264 g/mol. The smallest absolute Gasteiger partial charge is 0.226 e. The fraction of sp³-hybridized carbons (Fsp3) is 0.500. The van der Waals surface area contributed by atoms with Gasteiger partial charge in [-0.15, -0.1) is 0 Å². The lowest BCUT2D eigenvalue weighted by molar-refractivity contribution is -0.118. The van der Waals surface area contributed by atoms with Crippen molar-refractivity contribution in [1.82, 2.24) is 0 Å². The van der Waals surface area contributed by atoms with Gasteiger partial charge in [0.1, 0.15) is 0 Å². The molecule has 1 atom stereocenters. The van der Waals surface area contributed by atoms with Crippen LogP contribution in [0.2, 0.25) is 0 Å². The molecule has 1 unspecified atom stereocenters. The molecule has 0 bridgehead atoms. The number of hydrogen-bond donors (Lipinski definition) is 2. The number of nitrogens with one attached hydrogen (secondary N) is 2. The minimum Gasteiger partial charge on any atom is -0.381 e. The number of rotatable bonds is 4. The Bertz CT molecular complexity index is 397. The van der Waals surface area contributed by atoms with Gasteiger partial charge in [0.25, 0.3) is 0 Å². The Morgan fingerprint density at radius 3 is 2.50 bits per heavy atom. The molecule has 2 N–H and O–H groups in total. The monoisotopic (exact) mass is 264 g/mol. The van der Waals surface area contributed by atoms with Crippen LogP contribution >= 0.6 is 11.8 Å². The van der Waals surface area contributed by atoms with Gasteiger partial charge >= 0.3 is 0 Å². The van der Waals surface area contributed by atoms with Crippen LogP contribution in [0.3, 0.4) is 0 Å². The first kappa shape index (κ1) is 13.3. The molecule has 1 fully saturated rings. The highest BCUT2D eigenvalue weighted by Gasteiger charge is 2.14. The number of hydrogen-bond acceptors (Lipinski definition) is 3. The molecule has 1 aliphatic heterocycles. The first-order valence-electron chi connectivity index (χ1n) is 6.40. The SMILES string of the molecule is CC(C)C(=O)Nc1ccc(NC2CCSC2)cc1. The summed E-state index contributed by atoms with van der Waals surface area (Å²) in [6.07, 6.45) is 1.23. The van der Waals surface area contributed by atoms with E-state index in [1.807, 2.05) is 49.9 Å². The van der Waals surface area contributed by atoms with Gasteiger partial charge in [0.2, 0.25) is 5.91 Å². The van der Waals surface area contributed by atoms with Gasteiger partial charge in [-0.1, -0.05) is 13.8 Å². The number of anilines is 2. The maximum atomic E-state index is 11.5. The molecule has 18 heavy (non-hydrogen) atoms. The zero-order chi connectivity index (χ0) is 13.0. The van der Waals surface area contributed by atoms with Gasteiger partial charge in [0.05, 0.1) is 0 Å². The third kappa shape index (κ3) is 3.67. The molecular weight excluding hydrogens is 244 g/mol. The van der Waals surface area contributed by atoms with Crippen molar-refractivity contribution in [2.75, 3.05) is 22.1 Å². The highest BCUT2D eigenvalue weighted by molar-refractivity contribution is 7.99. The molecule has 0 spiro atoms. The topological polar surface area (TPSA) is 41.1 Å². The summed E-state index contributed by atoms with van der Waals surface area (Å²) >= 11 is 2.00. The highest BCUT2D eigenvalue weighted by atomic mass is 32.2. The van der Waals surface area contributed by atoms with Crippen molar-refractivity contribution >= 4 is 29.0 Å². The van der Waals surface area contributed by atoms with Gasteiger partial charge in [-0.25, -0.2) is 0 Å². The molecule has 3 nitrogen and oxygen atoms in total. The third-order valence-corrected chi connectivity index (χ3v) is 4.14. The van der Waals surface area contributed by atoms with E-state index in [1.165, 1.54) is 17.9 Å². The van der Waals surface area contributed by atoms with Crippen LogP contribution in [0.5, 0.6) is 0 Å². The number of amides is 1. The largest absolute Gasteiger partial charge is 0.381 e. The normalized spacial score (nSPS) is 18.9. The summed E-state index contributed by atoms with van der Waals surface area (Å²) in [5.74, 6) is 2.51. The summed E-state index contributed by atoms with van der Waals surface area (Å²) in [6.45, 7) is 3.78. The number of carbonyl (C=O) groups is 1. The van der Waals surface area contributed by atoms with Crippen molar-refractivity contribution in [2.24, 2.45) is 5.92 Å². The average Bonchev–Trinajstić information content (AvgIpc) is 2.84. The second-order valence-corrected chi connectivity index (χ2v) is 6.08. The molecule has 0 aromatic heterocycles. The Labute approximate surface area is 113 Å². The maximum Gasteiger partial charge on any atom is 0.226 e. The molecular formula is C14H20N2OS. The van der Waals surface area contributed by atoms with Crippen LogP contribution in [0.25, 0.3) is 0 Å². The highest BCUT2D eigenvalue weighted by Crippen LogP contribution is 2.22. The summed E-state index contributed by atoms with van der Waals surface area (Å²) in [4.78, 5) is 11.5. The zero-order valence-corrected chi connectivity index (χ0v) is 11.7. The lowest BCUT2D eigenvalue weighted by Crippen LogP contribution is -2.19. The van der Waals surface area contributed by atoms with E-state index in [-0.39, 0.29) is 11.8 Å². The van der Waals surface area contributed by atoms with Gasteiger partial charge < -0.3 is 10.6 Å². The maximum absolute atomic E-state index is 11.5. The lowest BCUT2D eigenvalue weighted by Gasteiger charge is -2.13. The van der Waals surface area contributed by atoms with Gasteiger partial charge in [0, 0.05) is 29.1 Å². The first-order valence-corrected chi connectivity index (χ1v) is 7.56. The van der Waals surface area contributed by atoms with Gasteiger partial charge in [0.15, 0.2) is 0 Å². The van der Waals surface area contributed by atoms with Crippen LogP contribution in [-0.4, -0.2) is 23.5 Å². The Kier molecular flexibility index (Phi) is 4.53. The van der Waals surface area contributed by atoms with Gasteiger partial charge in [-0.2, -0.15) is 11.8 Å². The summed E-state index contributed by atoms with van der Waals surface area (Å²) in [7, 11) is 0.